The number of nitrogens with two attached hydrogens (primary N) is 1. The van der Waals surface area contributed by atoms with Crippen LogP contribution < -0.4 is 5.73 Å². The number of hydrogen-bond donors (Lipinski definition) is 1. The van der Waals surface area contributed by atoms with E-state index in [9.17, 15) is 14.4 Å². The highest BCUT2D eigenvalue weighted by molar-refractivity contribution is 5.84. The minimum atomic E-state index is -0.481. The van der Waals surface area contributed by atoms with Crippen molar-refractivity contribution in [3.8, 4) is 0 Å². The molecule has 0 atom stereocenters. The third-order valence-electron chi connectivity index (χ3n) is 0.201. The Labute approximate surface area is 89.6 Å². The fourth-order valence-electron chi connectivity index (χ4n) is 0. The summed E-state index contributed by atoms with van der Waals surface area (Å²) in [5, 5.41) is 0. The van der Waals surface area contributed by atoms with Gasteiger partial charge in [0.25, 0.3) is 0 Å². The maximum Gasteiger partial charge on any atom is 0.240 e. The molecule has 0 bridgehead atoms. The minimum absolute atomic E-state index is 0. The number of rotatable bonds is 1. The Morgan fingerprint density at radius 3 is 1.07 bits per heavy atom. The molecular formula is C9H21NO3Si. The summed E-state index contributed by atoms with van der Waals surface area (Å²) in [5.74, 6) is -0.148. The number of carbonyl (C=O) groups is 3. The van der Waals surface area contributed by atoms with Gasteiger partial charge < -0.3 is 15.3 Å². The molecule has 4 nitrogen and oxygen atoms in total. The van der Waals surface area contributed by atoms with Gasteiger partial charge >= 0.3 is 0 Å². The van der Waals surface area contributed by atoms with Crippen molar-refractivity contribution < 1.29 is 14.4 Å². The lowest BCUT2D eigenvalue weighted by molar-refractivity contribution is -0.115. The van der Waals surface area contributed by atoms with E-state index in [1.54, 1.807) is 0 Å². The van der Waals surface area contributed by atoms with Gasteiger partial charge in [-0.15, -0.1) is 0 Å². The van der Waals surface area contributed by atoms with Crippen LogP contribution in [-0.4, -0.2) is 28.4 Å². The SMILES string of the molecule is C=CC(N)=O.CC(C)=O.CC(C)=O.[SiH4]. The maximum atomic E-state index is 9.47. The maximum absolute atomic E-state index is 9.47. The quantitative estimate of drug-likeness (QED) is 0.472. The van der Waals surface area contributed by atoms with Crippen LogP contribution in [0.1, 0.15) is 27.7 Å². The first-order chi connectivity index (χ1) is 5.73. The van der Waals surface area contributed by atoms with E-state index in [4.69, 9.17) is 0 Å². The van der Waals surface area contributed by atoms with Crippen molar-refractivity contribution in [2.75, 3.05) is 0 Å². The van der Waals surface area contributed by atoms with Gasteiger partial charge in [-0.1, -0.05) is 6.58 Å². The smallest absolute Gasteiger partial charge is 0.240 e. The fraction of sp³-hybridized carbons (Fsp3) is 0.444. The van der Waals surface area contributed by atoms with Crippen molar-refractivity contribution in [1.29, 1.82) is 0 Å². The number of amides is 1. The first-order valence-electron chi connectivity index (χ1n) is 3.60. The molecule has 5 heteroatoms. The van der Waals surface area contributed by atoms with Crippen molar-refractivity contribution in [1.82, 2.24) is 0 Å². The zero-order valence-electron chi connectivity index (χ0n) is 8.59. The molecule has 0 aromatic carbocycles. The molecule has 0 heterocycles. The molecular weight excluding hydrogens is 198 g/mol. The summed E-state index contributed by atoms with van der Waals surface area (Å²) < 4.78 is 0. The highest BCUT2D eigenvalue weighted by Gasteiger charge is 1.69. The van der Waals surface area contributed by atoms with E-state index in [-0.39, 0.29) is 22.5 Å². The van der Waals surface area contributed by atoms with E-state index in [1.807, 2.05) is 0 Å². The molecule has 0 fully saturated rings. The summed E-state index contributed by atoms with van der Waals surface area (Å²) in [6.07, 6.45) is 1.06. The number of Topliss-reactive ketones (excluding diaryl/α,β-unsaturated/α-hetero) is 2. The summed E-state index contributed by atoms with van der Waals surface area (Å²) in [6.45, 7) is 9.20. The molecule has 0 aliphatic rings. The average Bonchev–Trinajstić information content (AvgIpc) is 1.84. The lowest BCUT2D eigenvalue weighted by Crippen LogP contribution is -2.04. The highest BCUT2D eigenvalue weighted by atomic mass is 28.1. The minimum Gasteiger partial charge on any atom is -0.366 e. The molecule has 2 N–H and O–H groups in total. The van der Waals surface area contributed by atoms with E-state index < -0.39 is 5.91 Å². The Balaban J connectivity index is -0.0000000522. The van der Waals surface area contributed by atoms with Crippen LogP contribution in [0.15, 0.2) is 12.7 Å². The Hall–Kier alpha value is -1.23. The zero-order valence-corrected chi connectivity index (χ0v) is 8.59. The largest absolute Gasteiger partial charge is 0.366 e. The summed E-state index contributed by atoms with van der Waals surface area (Å²) in [5.41, 5.74) is 4.53. The molecule has 84 valence electrons. The Morgan fingerprint density at radius 2 is 1.07 bits per heavy atom. The second kappa shape index (κ2) is 17.7. The van der Waals surface area contributed by atoms with Crippen LogP contribution >= 0.6 is 0 Å². The van der Waals surface area contributed by atoms with Crippen LogP contribution in [0.25, 0.3) is 0 Å². The Morgan fingerprint density at radius 1 is 1.00 bits per heavy atom. The van der Waals surface area contributed by atoms with Crippen molar-refractivity contribution in [3.05, 3.63) is 12.7 Å². The van der Waals surface area contributed by atoms with Gasteiger partial charge in [0, 0.05) is 0 Å². The average molecular weight is 219 g/mol. The topological polar surface area (TPSA) is 77.2 Å². The van der Waals surface area contributed by atoms with Gasteiger partial charge in [0.05, 0.1) is 0 Å². The van der Waals surface area contributed by atoms with Crippen molar-refractivity contribution >= 4 is 28.4 Å². The van der Waals surface area contributed by atoms with Gasteiger partial charge in [-0.05, 0) is 44.7 Å². The molecule has 0 saturated carbocycles. The van der Waals surface area contributed by atoms with Gasteiger partial charge in [-0.25, -0.2) is 0 Å². The van der Waals surface area contributed by atoms with E-state index in [0.717, 1.165) is 6.08 Å². The van der Waals surface area contributed by atoms with Crippen LogP contribution in [0.5, 0.6) is 0 Å². The molecule has 0 aromatic rings. The lowest BCUT2D eigenvalue weighted by atomic mass is 10.6. The molecule has 1 amide bonds. The normalized spacial score (nSPS) is 6.00. The first-order valence-corrected chi connectivity index (χ1v) is 3.60. The molecule has 0 rings (SSSR count). The van der Waals surface area contributed by atoms with Crippen molar-refractivity contribution in [2.24, 2.45) is 5.73 Å². The van der Waals surface area contributed by atoms with Gasteiger partial charge in [0.2, 0.25) is 5.91 Å². The van der Waals surface area contributed by atoms with Crippen LogP contribution in [0.4, 0.5) is 0 Å². The zero-order chi connectivity index (χ0) is 11.4. The first kappa shape index (κ1) is 23.0. The van der Waals surface area contributed by atoms with Crippen LogP contribution in [-0.2, 0) is 14.4 Å². The van der Waals surface area contributed by atoms with E-state index in [1.165, 1.54) is 27.7 Å². The molecule has 0 saturated heterocycles. The molecule has 0 unspecified atom stereocenters. The second-order valence-electron chi connectivity index (χ2n) is 2.42. The number of carbonyl (C=O) groups excluding carboxylic acids is 3. The number of primary amides is 1. The van der Waals surface area contributed by atoms with Crippen molar-refractivity contribution in [3.63, 3.8) is 0 Å². The fourth-order valence-corrected chi connectivity index (χ4v) is 0. The number of hydrogen-bond acceptors (Lipinski definition) is 3. The predicted molar refractivity (Wildman–Crippen MR) is 63.4 cm³/mol. The highest BCUT2D eigenvalue weighted by Crippen LogP contribution is 1.51. The summed E-state index contributed by atoms with van der Waals surface area (Å²) in [4.78, 5) is 28.4. The molecule has 0 aliphatic carbocycles. The van der Waals surface area contributed by atoms with Crippen LogP contribution in [0.3, 0.4) is 0 Å². The molecule has 0 radical (unpaired) electrons. The molecule has 14 heavy (non-hydrogen) atoms. The Bertz CT molecular complexity index is 170. The van der Waals surface area contributed by atoms with Gasteiger partial charge in [-0.2, -0.15) is 0 Å². The Kier molecular flexibility index (Phi) is 29.2. The summed E-state index contributed by atoms with van der Waals surface area (Å²) in [6, 6.07) is 0. The van der Waals surface area contributed by atoms with Crippen LogP contribution in [0.2, 0.25) is 0 Å². The number of ketones is 2. The summed E-state index contributed by atoms with van der Waals surface area (Å²) >= 11 is 0. The second-order valence-corrected chi connectivity index (χ2v) is 2.42. The predicted octanol–water partition coefficient (Wildman–Crippen LogP) is -0.603. The standard InChI is InChI=1S/C3H5NO.2C3H6O.H4Si/c1-2-3(4)5;2*1-3(2)4;/h2H,1H2,(H2,4,5);2*1-2H3;1H4. The summed E-state index contributed by atoms with van der Waals surface area (Å²) in [7, 11) is 0. The lowest BCUT2D eigenvalue weighted by Gasteiger charge is -1.65. The van der Waals surface area contributed by atoms with Crippen LogP contribution in [0, 0.1) is 0 Å². The van der Waals surface area contributed by atoms with E-state index >= 15 is 0 Å². The molecule has 0 spiro atoms. The van der Waals surface area contributed by atoms with Crippen molar-refractivity contribution in [2.45, 2.75) is 27.7 Å². The third kappa shape index (κ3) is 1750. The third-order valence-corrected chi connectivity index (χ3v) is 0.201. The molecule has 0 aromatic heterocycles. The monoisotopic (exact) mass is 219 g/mol. The van der Waals surface area contributed by atoms with Gasteiger partial charge in [-0.3, -0.25) is 4.79 Å². The van der Waals surface area contributed by atoms with E-state index in [2.05, 4.69) is 12.3 Å². The van der Waals surface area contributed by atoms with Gasteiger partial charge in [0.1, 0.15) is 11.6 Å². The van der Waals surface area contributed by atoms with Gasteiger partial charge in [0.15, 0.2) is 0 Å². The van der Waals surface area contributed by atoms with E-state index in [0.29, 0.717) is 0 Å². The molecule has 0 aliphatic heterocycles.